The molecule has 0 saturated carbocycles. The number of rotatable bonds is 9. The highest BCUT2D eigenvalue weighted by atomic mass is 32.2. The summed E-state index contributed by atoms with van der Waals surface area (Å²) in [6.45, 7) is 7.02. The Hall–Kier alpha value is -3.71. The van der Waals surface area contributed by atoms with E-state index in [1.807, 2.05) is 6.92 Å². The van der Waals surface area contributed by atoms with Gasteiger partial charge in [0.25, 0.3) is 0 Å². The highest BCUT2D eigenvalue weighted by Gasteiger charge is 2.34. The van der Waals surface area contributed by atoms with Crippen molar-refractivity contribution in [3.8, 4) is 11.6 Å². The summed E-state index contributed by atoms with van der Waals surface area (Å²) in [4.78, 5) is 8.59. The van der Waals surface area contributed by atoms with Crippen LogP contribution in [-0.4, -0.2) is 58.8 Å². The lowest BCUT2D eigenvalue weighted by Crippen LogP contribution is -2.35. The SMILES string of the molecule is COC1=C(n2c(NS(=O)(=O)[C@@H](C)[C@H](C)c3ncc(C)cn3)nnc2-c2ccc(C)o2)C(OC)NC=C1. The number of anilines is 1. The summed E-state index contributed by atoms with van der Waals surface area (Å²) in [5, 5.41) is 10.6. The minimum absolute atomic E-state index is 0.0494. The van der Waals surface area contributed by atoms with Gasteiger partial charge in [-0.1, -0.05) is 6.92 Å². The first kappa shape index (κ1) is 25.4. The maximum absolute atomic E-state index is 13.5. The molecule has 0 radical (unpaired) electrons. The molecule has 0 aromatic carbocycles. The molecule has 3 atom stereocenters. The maximum atomic E-state index is 13.5. The second-order valence-electron chi connectivity index (χ2n) is 8.42. The van der Waals surface area contributed by atoms with Crippen LogP contribution >= 0.6 is 0 Å². The third-order valence-corrected chi connectivity index (χ3v) is 7.79. The molecular formula is C23H29N7O5S. The van der Waals surface area contributed by atoms with Gasteiger partial charge in [0.1, 0.15) is 23.0 Å². The zero-order chi connectivity index (χ0) is 26.0. The first-order valence-electron chi connectivity index (χ1n) is 11.2. The Kier molecular flexibility index (Phi) is 7.13. The average Bonchev–Trinajstić information content (AvgIpc) is 3.48. The molecule has 2 N–H and O–H groups in total. The van der Waals surface area contributed by atoms with Crippen molar-refractivity contribution in [1.29, 1.82) is 0 Å². The van der Waals surface area contributed by atoms with Crippen LogP contribution < -0.4 is 10.0 Å². The number of dihydropyridines is 1. The lowest BCUT2D eigenvalue weighted by molar-refractivity contribution is 0.122. The number of sulfonamides is 1. The van der Waals surface area contributed by atoms with Gasteiger partial charge >= 0.3 is 0 Å². The summed E-state index contributed by atoms with van der Waals surface area (Å²) < 4.78 is 48.0. The van der Waals surface area contributed by atoms with E-state index >= 15 is 0 Å². The maximum Gasteiger partial charge on any atom is 0.243 e. The van der Waals surface area contributed by atoms with Gasteiger partial charge in [0.15, 0.2) is 12.0 Å². The molecule has 192 valence electrons. The quantitative estimate of drug-likeness (QED) is 0.436. The number of nitrogens with zero attached hydrogens (tertiary/aromatic N) is 5. The Morgan fingerprint density at radius 1 is 1.14 bits per heavy atom. The Bertz CT molecular complexity index is 1390. The molecule has 4 heterocycles. The van der Waals surface area contributed by atoms with Gasteiger partial charge in [0, 0.05) is 31.6 Å². The minimum Gasteiger partial charge on any atom is -0.495 e. The standard InChI is InChI=1S/C23H29N7O5S/c1-13-11-25-20(26-12-13)15(3)16(4)36(31,32)29-23-28-27-21(18-8-7-14(2)35-18)30(23)19-17(33-5)9-10-24-22(19)34-6/h7-12,15-16,22,24H,1-6H3,(H,28,29)/t15-,16-,22?/m0/s1. The molecule has 0 aliphatic carbocycles. The third kappa shape index (κ3) is 4.84. The van der Waals surface area contributed by atoms with E-state index in [4.69, 9.17) is 13.9 Å². The number of nitrogens with one attached hydrogen (secondary N) is 2. The fourth-order valence-corrected chi connectivity index (χ4v) is 4.95. The van der Waals surface area contributed by atoms with E-state index in [0.717, 1.165) is 5.56 Å². The van der Waals surface area contributed by atoms with E-state index in [9.17, 15) is 8.42 Å². The van der Waals surface area contributed by atoms with Crippen molar-refractivity contribution in [3.05, 3.63) is 59.7 Å². The molecule has 0 amide bonds. The molecule has 1 aliphatic heterocycles. The van der Waals surface area contributed by atoms with E-state index in [1.54, 1.807) is 57.6 Å². The summed E-state index contributed by atoms with van der Waals surface area (Å²) in [6.07, 6.45) is 6.00. The van der Waals surface area contributed by atoms with E-state index in [-0.39, 0.29) is 11.8 Å². The lowest BCUT2D eigenvalue weighted by Gasteiger charge is -2.27. The van der Waals surface area contributed by atoms with Crippen LogP contribution in [0.4, 0.5) is 5.95 Å². The van der Waals surface area contributed by atoms with E-state index in [0.29, 0.717) is 28.8 Å². The van der Waals surface area contributed by atoms with Crippen molar-refractivity contribution < 1.29 is 22.3 Å². The molecule has 0 spiro atoms. The predicted octanol–water partition coefficient (Wildman–Crippen LogP) is 2.78. The Balaban J connectivity index is 1.79. The van der Waals surface area contributed by atoms with E-state index in [1.165, 1.54) is 18.8 Å². The van der Waals surface area contributed by atoms with Crippen LogP contribution in [-0.2, 0) is 19.5 Å². The number of ether oxygens (including phenoxy) is 2. The van der Waals surface area contributed by atoms with Crippen molar-refractivity contribution >= 4 is 21.7 Å². The van der Waals surface area contributed by atoms with Crippen LogP contribution in [0.5, 0.6) is 0 Å². The fourth-order valence-electron chi connectivity index (χ4n) is 3.71. The Morgan fingerprint density at radius 2 is 1.86 bits per heavy atom. The van der Waals surface area contributed by atoms with Crippen molar-refractivity contribution in [2.75, 3.05) is 18.9 Å². The number of aryl methyl sites for hydroxylation is 2. The topological polar surface area (TPSA) is 146 Å². The molecular weight excluding hydrogens is 486 g/mol. The van der Waals surface area contributed by atoms with Gasteiger partial charge < -0.3 is 19.2 Å². The number of aromatic nitrogens is 5. The van der Waals surface area contributed by atoms with Crippen molar-refractivity contribution in [1.82, 2.24) is 30.0 Å². The summed E-state index contributed by atoms with van der Waals surface area (Å²) in [6, 6.07) is 3.51. The van der Waals surface area contributed by atoms with Gasteiger partial charge in [0.2, 0.25) is 21.8 Å². The van der Waals surface area contributed by atoms with Crippen LogP contribution in [0.3, 0.4) is 0 Å². The average molecular weight is 516 g/mol. The number of hydrogen-bond acceptors (Lipinski definition) is 10. The number of hydrogen-bond donors (Lipinski definition) is 2. The minimum atomic E-state index is -3.97. The van der Waals surface area contributed by atoms with Crippen LogP contribution in [0.15, 0.2) is 47.0 Å². The number of methoxy groups -OCH3 is 2. The smallest absolute Gasteiger partial charge is 0.243 e. The van der Waals surface area contributed by atoms with Crippen LogP contribution in [0.1, 0.15) is 36.9 Å². The van der Waals surface area contributed by atoms with E-state index in [2.05, 4.69) is 30.2 Å². The Labute approximate surface area is 209 Å². The molecule has 0 fully saturated rings. The van der Waals surface area contributed by atoms with Crippen molar-refractivity contribution in [3.63, 3.8) is 0 Å². The summed E-state index contributed by atoms with van der Waals surface area (Å²) in [7, 11) is -0.949. The summed E-state index contributed by atoms with van der Waals surface area (Å²) in [5.41, 5.74) is 1.33. The van der Waals surface area contributed by atoms with E-state index < -0.39 is 27.4 Å². The van der Waals surface area contributed by atoms with Crippen molar-refractivity contribution in [2.45, 2.75) is 45.1 Å². The monoisotopic (exact) mass is 515 g/mol. The van der Waals surface area contributed by atoms with Gasteiger partial charge in [-0.2, -0.15) is 0 Å². The first-order chi connectivity index (χ1) is 17.2. The normalized spacial score (nSPS) is 17.6. The molecule has 12 nitrogen and oxygen atoms in total. The highest BCUT2D eigenvalue weighted by Crippen LogP contribution is 2.33. The third-order valence-electron chi connectivity index (χ3n) is 5.94. The zero-order valence-corrected chi connectivity index (χ0v) is 21.7. The van der Waals surface area contributed by atoms with Crippen molar-refractivity contribution in [2.24, 2.45) is 0 Å². The van der Waals surface area contributed by atoms with Gasteiger partial charge in [0.05, 0.1) is 12.4 Å². The number of furan rings is 1. The fraction of sp³-hybridized carbons (Fsp3) is 0.391. The molecule has 13 heteroatoms. The van der Waals surface area contributed by atoms with Crippen LogP contribution in [0, 0.1) is 13.8 Å². The van der Waals surface area contributed by atoms with Crippen LogP contribution in [0.2, 0.25) is 0 Å². The largest absolute Gasteiger partial charge is 0.495 e. The second-order valence-corrected chi connectivity index (χ2v) is 10.5. The van der Waals surface area contributed by atoms with Gasteiger partial charge in [-0.25, -0.2) is 18.4 Å². The molecule has 0 bridgehead atoms. The number of allylic oxidation sites excluding steroid dienone is 1. The van der Waals surface area contributed by atoms with Gasteiger partial charge in [-0.05, 0) is 44.5 Å². The lowest BCUT2D eigenvalue weighted by atomic mass is 10.1. The summed E-state index contributed by atoms with van der Waals surface area (Å²) >= 11 is 0. The predicted molar refractivity (Wildman–Crippen MR) is 133 cm³/mol. The molecule has 3 aromatic heterocycles. The molecule has 4 rings (SSSR count). The first-order valence-corrected chi connectivity index (χ1v) is 12.8. The molecule has 1 aliphatic rings. The second kappa shape index (κ2) is 10.1. The Morgan fingerprint density at radius 3 is 2.47 bits per heavy atom. The van der Waals surface area contributed by atoms with Crippen LogP contribution in [0.25, 0.3) is 17.3 Å². The summed E-state index contributed by atoms with van der Waals surface area (Å²) in [5.74, 6) is 1.64. The zero-order valence-electron chi connectivity index (χ0n) is 20.9. The van der Waals surface area contributed by atoms with Gasteiger partial charge in [-0.15, -0.1) is 10.2 Å². The molecule has 36 heavy (non-hydrogen) atoms. The molecule has 1 unspecified atom stereocenters. The molecule has 0 saturated heterocycles. The molecule has 3 aromatic rings. The highest BCUT2D eigenvalue weighted by molar-refractivity contribution is 7.93. The van der Waals surface area contributed by atoms with Gasteiger partial charge in [-0.3, -0.25) is 9.29 Å².